The lowest BCUT2D eigenvalue weighted by molar-refractivity contribution is -0.139. The Labute approximate surface area is 216 Å². The van der Waals surface area contributed by atoms with Crippen molar-refractivity contribution in [2.75, 3.05) is 25.0 Å². The number of nitrogens with zero attached hydrogens (tertiary/aromatic N) is 2. The number of carbonyl (C=O) groups excluding carboxylic acids is 2. The van der Waals surface area contributed by atoms with E-state index in [2.05, 4.69) is 5.32 Å². The van der Waals surface area contributed by atoms with Gasteiger partial charge < -0.3 is 15.0 Å². The fraction of sp³-hybridized carbons (Fsp3) is 0.231. The van der Waals surface area contributed by atoms with Crippen molar-refractivity contribution < 1.29 is 22.7 Å². The van der Waals surface area contributed by atoms with Crippen LogP contribution in [0.2, 0.25) is 5.02 Å². The molecule has 0 aliphatic heterocycles. The minimum atomic E-state index is -4.18. The van der Waals surface area contributed by atoms with Crippen molar-refractivity contribution >= 4 is 39.1 Å². The number of anilines is 1. The highest BCUT2D eigenvalue weighted by atomic mass is 35.5. The number of rotatable bonds is 10. The normalized spacial score (nSPS) is 11.9. The van der Waals surface area contributed by atoms with E-state index in [4.69, 9.17) is 16.3 Å². The van der Waals surface area contributed by atoms with Crippen LogP contribution in [0.5, 0.6) is 5.75 Å². The van der Waals surface area contributed by atoms with E-state index in [9.17, 15) is 18.0 Å². The number of halogens is 1. The SMILES string of the molecule is CNC(=O)C(C)N(Cc1ccccc1)C(=O)CN(c1cccc(Cl)c1)S(=O)(=O)c1ccc(OC)cc1. The summed E-state index contributed by atoms with van der Waals surface area (Å²) in [6.45, 7) is 1.18. The fourth-order valence-corrected chi connectivity index (χ4v) is 5.20. The van der Waals surface area contributed by atoms with Crippen LogP contribution in [-0.4, -0.2) is 51.9 Å². The third-order valence-electron chi connectivity index (χ3n) is 5.63. The fourth-order valence-electron chi connectivity index (χ4n) is 3.61. The Balaban J connectivity index is 2.02. The molecule has 1 unspecified atom stereocenters. The molecule has 8 nitrogen and oxygen atoms in total. The first kappa shape index (κ1) is 27.0. The lowest BCUT2D eigenvalue weighted by atomic mass is 10.1. The van der Waals surface area contributed by atoms with Gasteiger partial charge in [-0.1, -0.05) is 48.0 Å². The van der Waals surface area contributed by atoms with Crippen molar-refractivity contribution in [3.05, 3.63) is 89.4 Å². The van der Waals surface area contributed by atoms with Gasteiger partial charge in [0, 0.05) is 18.6 Å². The zero-order chi connectivity index (χ0) is 26.3. The Kier molecular flexibility index (Phi) is 8.95. The second-order valence-corrected chi connectivity index (χ2v) is 10.3. The number of methoxy groups -OCH3 is 1. The first-order valence-electron chi connectivity index (χ1n) is 11.1. The Morgan fingerprint density at radius 3 is 2.25 bits per heavy atom. The summed E-state index contributed by atoms with van der Waals surface area (Å²) >= 11 is 6.16. The van der Waals surface area contributed by atoms with E-state index < -0.39 is 28.5 Å². The van der Waals surface area contributed by atoms with E-state index in [1.807, 2.05) is 30.3 Å². The van der Waals surface area contributed by atoms with Crippen molar-refractivity contribution in [1.82, 2.24) is 10.2 Å². The van der Waals surface area contributed by atoms with Gasteiger partial charge in [-0.15, -0.1) is 0 Å². The number of hydrogen-bond acceptors (Lipinski definition) is 5. The molecule has 0 aromatic heterocycles. The second-order valence-electron chi connectivity index (χ2n) is 7.96. The van der Waals surface area contributed by atoms with Crippen molar-refractivity contribution in [1.29, 1.82) is 0 Å². The van der Waals surface area contributed by atoms with E-state index >= 15 is 0 Å². The molecule has 0 saturated carbocycles. The van der Waals surface area contributed by atoms with Gasteiger partial charge in [0.2, 0.25) is 11.8 Å². The van der Waals surface area contributed by atoms with E-state index in [0.29, 0.717) is 10.8 Å². The molecule has 2 amide bonds. The van der Waals surface area contributed by atoms with Crippen LogP contribution >= 0.6 is 11.6 Å². The van der Waals surface area contributed by atoms with Gasteiger partial charge in [0.15, 0.2) is 0 Å². The number of amides is 2. The number of hydrogen-bond donors (Lipinski definition) is 1. The highest BCUT2D eigenvalue weighted by molar-refractivity contribution is 7.92. The summed E-state index contributed by atoms with van der Waals surface area (Å²) < 4.78 is 33.6. The van der Waals surface area contributed by atoms with Crippen LogP contribution in [0.3, 0.4) is 0 Å². The zero-order valence-electron chi connectivity index (χ0n) is 20.2. The summed E-state index contributed by atoms with van der Waals surface area (Å²) in [7, 11) is -1.21. The number of sulfonamides is 1. The minimum absolute atomic E-state index is 0.0231. The Hall–Kier alpha value is -3.56. The van der Waals surface area contributed by atoms with Gasteiger partial charge in [-0.3, -0.25) is 13.9 Å². The maximum Gasteiger partial charge on any atom is 0.264 e. The molecule has 36 heavy (non-hydrogen) atoms. The number of benzene rings is 3. The van der Waals surface area contributed by atoms with Crippen LogP contribution in [0.15, 0.2) is 83.8 Å². The van der Waals surface area contributed by atoms with Gasteiger partial charge in [-0.25, -0.2) is 8.42 Å². The average Bonchev–Trinajstić information content (AvgIpc) is 2.89. The molecule has 0 spiro atoms. The maximum atomic E-state index is 13.7. The molecule has 1 N–H and O–H groups in total. The molecule has 3 aromatic carbocycles. The van der Waals surface area contributed by atoms with Crippen molar-refractivity contribution in [2.45, 2.75) is 24.4 Å². The molecule has 190 valence electrons. The summed E-state index contributed by atoms with van der Waals surface area (Å²) in [5.74, 6) is -0.425. The van der Waals surface area contributed by atoms with Crippen molar-refractivity contribution in [2.24, 2.45) is 0 Å². The van der Waals surface area contributed by atoms with Crippen molar-refractivity contribution in [3.8, 4) is 5.75 Å². The Morgan fingerprint density at radius 1 is 1.00 bits per heavy atom. The van der Waals surface area contributed by atoms with Gasteiger partial charge in [-0.2, -0.15) is 0 Å². The molecule has 0 saturated heterocycles. The van der Waals surface area contributed by atoms with Gasteiger partial charge >= 0.3 is 0 Å². The maximum absolute atomic E-state index is 13.7. The summed E-state index contributed by atoms with van der Waals surface area (Å²) in [5.41, 5.74) is 1.02. The Bertz CT molecular complexity index is 1300. The number of nitrogens with one attached hydrogen (secondary N) is 1. The number of ether oxygens (including phenoxy) is 1. The first-order valence-corrected chi connectivity index (χ1v) is 13.0. The molecule has 3 rings (SSSR count). The molecule has 0 fully saturated rings. The Morgan fingerprint density at radius 2 is 1.67 bits per heavy atom. The quantitative estimate of drug-likeness (QED) is 0.432. The zero-order valence-corrected chi connectivity index (χ0v) is 21.8. The van der Waals surface area contributed by atoms with E-state index in [0.717, 1.165) is 9.87 Å². The van der Waals surface area contributed by atoms with Crippen LogP contribution in [0, 0.1) is 0 Å². The van der Waals surface area contributed by atoms with E-state index in [1.54, 1.807) is 25.1 Å². The lowest BCUT2D eigenvalue weighted by Gasteiger charge is -2.31. The number of likely N-dealkylation sites (N-methyl/N-ethyl adjacent to an activating group) is 1. The second kappa shape index (κ2) is 11.9. The molecule has 0 radical (unpaired) electrons. The first-order chi connectivity index (χ1) is 17.2. The lowest BCUT2D eigenvalue weighted by Crippen LogP contribution is -2.50. The molecular formula is C26H28ClN3O5S. The largest absolute Gasteiger partial charge is 0.497 e. The molecule has 0 heterocycles. The highest BCUT2D eigenvalue weighted by Gasteiger charge is 2.32. The van der Waals surface area contributed by atoms with Crippen LogP contribution in [-0.2, 0) is 26.2 Å². The molecule has 0 aliphatic carbocycles. The summed E-state index contributed by atoms with van der Waals surface area (Å²) in [5, 5.41) is 2.87. The molecular weight excluding hydrogens is 502 g/mol. The number of carbonyl (C=O) groups is 2. The molecule has 0 bridgehead atoms. The predicted octanol–water partition coefficient (Wildman–Crippen LogP) is 3.71. The van der Waals surface area contributed by atoms with Crippen LogP contribution in [0.4, 0.5) is 5.69 Å². The molecule has 0 aliphatic rings. The van der Waals surface area contributed by atoms with Crippen LogP contribution in [0.1, 0.15) is 12.5 Å². The predicted molar refractivity (Wildman–Crippen MR) is 139 cm³/mol. The topological polar surface area (TPSA) is 96.0 Å². The minimum Gasteiger partial charge on any atom is -0.497 e. The summed E-state index contributed by atoms with van der Waals surface area (Å²) in [6.07, 6.45) is 0. The highest BCUT2D eigenvalue weighted by Crippen LogP contribution is 2.27. The van der Waals surface area contributed by atoms with Crippen LogP contribution in [0.25, 0.3) is 0 Å². The smallest absolute Gasteiger partial charge is 0.264 e. The van der Waals surface area contributed by atoms with E-state index in [-0.39, 0.29) is 23.0 Å². The molecule has 1 atom stereocenters. The summed E-state index contributed by atoms with van der Waals surface area (Å²) in [4.78, 5) is 27.4. The van der Waals surface area contributed by atoms with Gasteiger partial charge in [0.05, 0.1) is 17.7 Å². The van der Waals surface area contributed by atoms with Crippen molar-refractivity contribution in [3.63, 3.8) is 0 Å². The molecule has 10 heteroatoms. The van der Waals surface area contributed by atoms with E-state index in [1.165, 1.54) is 49.4 Å². The van der Waals surface area contributed by atoms with Gasteiger partial charge in [0.25, 0.3) is 10.0 Å². The monoisotopic (exact) mass is 529 g/mol. The van der Waals surface area contributed by atoms with Gasteiger partial charge in [0.1, 0.15) is 18.3 Å². The standard InChI is InChI=1S/C26H28ClN3O5S/c1-19(26(32)28-2)29(17-20-8-5-4-6-9-20)25(31)18-30(22-11-7-10-21(27)16-22)36(33,34)24-14-12-23(35-3)13-15-24/h4-16,19H,17-18H2,1-3H3,(H,28,32). The van der Waals surface area contributed by atoms with Gasteiger partial charge in [-0.05, 0) is 55.0 Å². The average molecular weight is 530 g/mol. The third kappa shape index (κ3) is 6.35. The van der Waals surface area contributed by atoms with Crippen LogP contribution < -0.4 is 14.4 Å². The summed E-state index contributed by atoms with van der Waals surface area (Å²) in [6, 6.07) is 20.4. The third-order valence-corrected chi connectivity index (χ3v) is 7.66. The molecule has 3 aromatic rings.